The number of carbonyl (C=O) groups excluding carboxylic acids is 1. The molecule has 1 aromatic carbocycles. The minimum Gasteiger partial charge on any atom is -0.319 e. The van der Waals surface area contributed by atoms with Gasteiger partial charge in [-0.1, -0.05) is 37.3 Å². The number of rotatable bonds is 2. The molecule has 0 aromatic heterocycles. The summed E-state index contributed by atoms with van der Waals surface area (Å²) in [5.74, 6) is 1.07. The van der Waals surface area contributed by atoms with Crippen molar-refractivity contribution in [3.63, 3.8) is 0 Å². The van der Waals surface area contributed by atoms with Crippen molar-refractivity contribution in [2.75, 3.05) is 0 Å². The summed E-state index contributed by atoms with van der Waals surface area (Å²) in [5.41, 5.74) is 1.20. The molecule has 3 nitrogen and oxygen atoms in total. The van der Waals surface area contributed by atoms with E-state index in [9.17, 15) is 4.79 Å². The molecule has 1 amide bonds. The Morgan fingerprint density at radius 1 is 1.05 bits per heavy atom. The van der Waals surface area contributed by atoms with Crippen molar-refractivity contribution < 1.29 is 4.79 Å². The zero-order valence-electron chi connectivity index (χ0n) is 12.4. The Labute approximate surface area is 121 Å². The third-order valence-corrected chi connectivity index (χ3v) is 4.81. The Balaban J connectivity index is 1.83. The third kappa shape index (κ3) is 2.47. The van der Waals surface area contributed by atoms with Crippen molar-refractivity contribution in [1.82, 2.24) is 10.2 Å². The minimum absolute atomic E-state index is 0.0529. The van der Waals surface area contributed by atoms with Gasteiger partial charge in [-0.05, 0) is 44.1 Å². The van der Waals surface area contributed by atoms with E-state index >= 15 is 0 Å². The number of nitrogens with one attached hydrogen (secondary N) is 1. The van der Waals surface area contributed by atoms with Crippen LogP contribution in [-0.4, -0.2) is 22.9 Å². The van der Waals surface area contributed by atoms with Gasteiger partial charge in [0.25, 0.3) is 0 Å². The molecule has 1 aliphatic carbocycles. The van der Waals surface area contributed by atoms with Crippen LogP contribution in [-0.2, 0) is 4.79 Å². The Bertz CT molecular complexity index is 465. The third-order valence-electron chi connectivity index (χ3n) is 4.81. The largest absolute Gasteiger partial charge is 0.319 e. The molecule has 2 aliphatic rings. The van der Waals surface area contributed by atoms with E-state index < -0.39 is 0 Å². The number of benzene rings is 1. The summed E-state index contributed by atoms with van der Waals surface area (Å²) >= 11 is 0. The maximum Gasteiger partial charge on any atom is 0.241 e. The van der Waals surface area contributed by atoms with Crippen LogP contribution < -0.4 is 5.32 Å². The van der Waals surface area contributed by atoms with Gasteiger partial charge >= 0.3 is 0 Å². The molecule has 2 unspecified atom stereocenters. The van der Waals surface area contributed by atoms with Crippen LogP contribution in [0.3, 0.4) is 0 Å². The molecule has 3 rings (SSSR count). The lowest BCUT2D eigenvalue weighted by atomic mass is 9.86. The van der Waals surface area contributed by atoms with Gasteiger partial charge in [0, 0.05) is 6.04 Å². The van der Waals surface area contributed by atoms with Gasteiger partial charge in [-0.25, -0.2) is 0 Å². The number of hydrogen-bond acceptors (Lipinski definition) is 2. The molecule has 20 heavy (non-hydrogen) atoms. The fourth-order valence-electron chi connectivity index (χ4n) is 3.54. The molecule has 1 saturated heterocycles. The summed E-state index contributed by atoms with van der Waals surface area (Å²) in [6.07, 6.45) is 4.82. The summed E-state index contributed by atoms with van der Waals surface area (Å²) in [6, 6.07) is 10.7. The van der Waals surface area contributed by atoms with Crippen molar-refractivity contribution in [3.05, 3.63) is 35.9 Å². The molecule has 2 fully saturated rings. The van der Waals surface area contributed by atoms with Crippen LogP contribution in [0.4, 0.5) is 0 Å². The first-order chi connectivity index (χ1) is 9.66. The van der Waals surface area contributed by atoms with Crippen LogP contribution in [0.2, 0.25) is 0 Å². The van der Waals surface area contributed by atoms with Crippen molar-refractivity contribution in [3.8, 4) is 0 Å². The number of nitrogens with zero attached hydrogens (tertiary/aromatic N) is 1. The Kier molecular flexibility index (Phi) is 3.79. The molecule has 1 aromatic rings. The predicted octanol–water partition coefficient (Wildman–Crippen LogP) is 3.08. The molecule has 1 N–H and O–H groups in total. The normalized spacial score (nSPS) is 34.5. The lowest BCUT2D eigenvalue weighted by Gasteiger charge is -2.37. The summed E-state index contributed by atoms with van der Waals surface area (Å²) in [7, 11) is 0. The lowest BCUT2D eigenvalue weighted by Crippen LogP contribution is -2.41. The van der Waals surface area contributed by atoms with E-state index in [1.165, 1.54) is 18.4 Å². The maximum atomic E-state index is 12.5. The van der Waals surface area contributed by atoms with Gasteiger partial charge in [0.1, 0.15) is 6.17 Å². The van der Waals surface area contributed by atoms with Gasteiger partial charge in [0.2, 0.25) is 5.91 Å². The van der Waals surface area contributed by atoms with Crippen LogP contribution in [0.15, 0.2) is 30.3 Å². The van der Waals surface area contributed by atoms with Crippen LogP contribution in [0.25, 0.3) is 0 Å². The average Bonchev–Trinajstić information content (AvgIpc) is 2.77. The lowest BCUT2D eigenvalue weighted by molar-refractivity contribution is -0.133. The van der Waals surface area contributed by atoms with E-state index in [0.717, 1.165) is 18.8 Å². The van der Waals surface area contributed by atoms with E-state index in [1.807, 2.05) is 25.1 Å². The second-order valence-electron chi connectivity index (χ2n) is 6.36. The molecule has 2 atom stereocenters. The van der Waals surface area contributed by atoms with Crippen LogP contribution >= 0.6 is 0 Å². The Morgan fingerprint density at radius 2 is 1.70 bits per heavy atom. The summed E-state index contributed by atoms with van der Waals surface area (Å²) in [4.78, 5) is 14.7. The highest BCUT2D eigenvalue weighted by atomic mass is 16.2. The zero-order chi connectivity index (χ0) is 14.1. The molecule has 0 bridgehead atoms. The van der Waals surface area contributed by atoms with Gasteiger partial charge in [-0.2, -0.15) is 0 Å². The molecule has 0 radical (unpaired) electrons. The highest BCUT2D eigenvalue weighted by Crippen LogP contribution is 2.34. The van der Waals surface area contributed by atoms with Gasteiger partial charge < -0.3 is 4.90 Å². The van der Waals surface area contributed by atoms with E-state index in [4.69, 9.17) is 0 Å². The highest BCUT2D eigenvalue weighted by Gasteiger charge is 2.41. The first-order valence-corrected chi connectivity index (χ1v) is 7.80. The minimum atomic E-state index is -0.0699. The van der Waals surface area contributed by atoms with E-state index in [2.05, 4.69) is 29.3 Å². The van der Waals surface area contributed by atoms with Crippen LogP contribution in [0.5, 0.6) is 0 Å². The average molecular weight is 272 g/mol. The predicted molar refractivity (Wildman–Crippen MR) is 80.0 cm³/mol. The van der Waals surface area contributed by atoms with Crippen LogP contribution in [0.1, 0.15) is 51.3 Å². The second-order valence-corrected chi connectivity index (χ2v) is 6.36. The number of carbonyl (C=O) groups is 1. The van der Waals surface area contributed by atoms with E-state index in [1.54, 1.807) is 0 Å². The van der Waals surface area contributed by atoms with Gasteiger partial charge in [0.15, 0.2) is 0 Å². The smallest absolute Gasteiger partial charge is 0.241 e. The molecular formula is C17H24N2O. The van der Waals surface area contributed by atoms with Gasteiger partial charge in [-0.3, -0.25) is 10.1 Å². The summed E-state index contributed by atoms with van der Waals surface area (Å²) < 4.78 is 0. The number of hydrogen-bond donors (Lipinski definition) is 1. The highest BCUT2D eigenvalue weighted by molar-refractivity contribution is 5.84. The summed E-state index contributed by atoms with van der Waals surface area (Å²) in [5, 5.41) is 3.45. The topological polar surface area (TPSA) is 32.3 Å². The zero-order valence-corrected chi connectivity index (χ0v) is 12.4. The molecule has 1 aliphatic heterocycles. The molecule has 1 saturated carbocycles. The molecule has 108 valence electrons. The fourth-order valence-corrected chi connectivity index (χ4v) is 3.54. The van der Waals surface area contributed by atoms with Gasteiger partial charge in [0.05, 0.1) is 6.04 Å². The number of amides is 1. The SMILES string of the molecule is CC1CCC(N2C(=O)C(C)NC2c2ccccc2)CC1. The molecule has 0 spiro atoms. The van der Waals surface area contributed by atoms with E-state index in [-0.39, 0.29) is 18.1 Å². The first-order valence-electron chi connectivity index (χ1n) is 7.80. The van der Waals surface area contributed by atoms with Crippen molar-refractivity contribution in [2.45, 2.75) is 57.8 Å². The monoisotopic (exact) mass is 272 g/mol. The van der Waals surface area contributed by atoms with Crippen molar-refractivity contribution in [2.24, 2.45) is 5.92 Å². The second kappa shape index (κ2) is 5.57. The summed E-state index contributed by atoms with van der Waals surface area (Å²) in [6.45, 7) is 4.29. The van der Waals surface area contributed by atoms with Crippen LogP contribution in [0, 0.1) is 5.92 Å². The Morgan fingerprint density at radius 3 is 2.35 bits per heavy atom. The molecular weight excluding hydrogens is 248 g/mol. The van der Waals surface area contributed by atoms with Crippen molar-refractivity contribution in [1.29, 1.82) is 0 Å². The molecule has 1 heterocycles. The Hall–Kier alpha value is -1.35. The van der Waals surface area contributed by atoms with Gasteiger partial charge in [-0.15, -0.1) is 0 Å². The molecule has 3 heteroatoms. The standard InChI is InChI=1S/C17H24N2O/c1-12-8-10-15(11-9-12)19-16(18-13(2)17(19)20)14-6-4-3-5-7-14/h3-7,12-13,15-16,18H,8-11H2,1-2H3. The van der Waals surface area contributed by atoms with Crippen molar-refractivity contribution >= 4 is 5.91 Å². The quantitative estimate of drug-likeness (QED) is 0.897. The first kappa shape index (κ1) is 13.6. The maximum absolute atomic E-state index is 12.5. The fraction of sp³-hybridized carbons (Fsp3) is 0.588. The van der Waals surface area contributed by atoms with E-state index in [0.29, 0.717) is 6.04 Å².